The first kappa shape index (κ1) is 10.9. The predicted octanol–water partition coefficient (Wildman–Crippen LogP) is 1.60. The van der Waals surface area contributed by atoms with Crippen molar-refractivity contribution in [1.29, 1.82) is 0 Å². The van der Waals surface area contributed by atoms with Crippen LogP contribution in [0, 0.1) is 0 Å². The molecule has 1 aromatic carbocycles. The summed E-state index contributed by atoms with van der Waals surface area (Å²) in [4.78, 5) is 22.2. The van der Waals surface area contributed by atoms with Crippen LogP contribution in [-0.2, 0) is 4.79 Å². The first-order chi connectivity index (χ1) is 8.08. The normalized spacial score (nSPS) is 11.1. The van der Waals surface area contributed by atoms with E-state index in [0.29, 0.717) is 5.58 Å². The van der Waals surface area contributed by atoms with Crippen LogP contribution in [0.25, 0.3) is 17.0 Å². The van der Waals surface area contributed by atoms with Crippen LogP contribution in [0.2, 0.25) is 0 Å². The summed E-state index contributed by atoms with van der Waals surface area (Å²) in [6.45, 7) is 0. The molecule has 0 amide bonds. The molecule has 0 aliphatic rings. The van der Waals surface area contributed by atoms with Gasteiger partial charge in [-0.15, -0.1) is 0 Å². The molecule has 1 heterocycles. The summed E-state index contributed by atoms with van der Waals surface area (Å²) in [6, 6.07) is 4.15. The van der Waals surface area contributed by atoms with E-state index in [2.05, 4.69) is 0 Å². The highest BCUT2D eigenvalue weighted by Gasteiger charge is 2.05. The SMILES string of the molecule is O=C(O)C=Cc1coc2ccc(O)cc2c1=O. The molecular weight excluding hydrogens is 224 g/mol. The van der Waals surface area contributed by atoms with E-state index < -0.39 is 5.97 Å². The van der Waals surface area contributed by atoms with Gasteiger partial charge in [0.25, 0.3) is 0 Å². The van der Waals surface area contributed by atoms with Gasteiger partial charge in [-0.1, -0.05) is 0 Å². The number of hydrogen-bond acceptors (Lipinski definition) is 4. The second-order valence-corrected chi connectivity index (χ2v) is 3.37. The lowest BCUT2D eigenvalue weighted by Gasteiger charge is -1.98. The Kier molecular flexibility index (Phi) is 2.66. The number of aromatic hydroxyl groups is 1. The van der Waals surface area contributed by atoms with E-state index in [9.17, 15) is 14.7 Å². The fourth-order valence-corrected chi connectivity index (χ4v) is 1.41. The Morgan fingerprint density at radius 3 is 2.82 bits per heavy atom. The first-order valence-corrected chi connectivity index (χ1v) is 4.73. The monoisotopic (exact) mass is 232 g/mol. The lowest BCUT2D eigenvalue weighted by atomic mass is 10.1. The second-order valence-electron chi connectivity index (χ2n) is 3.37. The van der Waals surface area contributed by atoms with Gasteiger partial charge in [0.2, 0.25) is 0 Å². The summed E-state index contributed by atoms with van der Waals surface area (Å²) in [5, 5.41) is 17.9. The van der Waals surface area contributed by atoms with Gasteiger partial charge in [0.05, 0.1) is 10.9 Å². The Bertz CT molecular complexity index is 666. The molecule has 5 heteroatoms. The van der Waals surface area contributed by atoms with Gasteiger partial charge in [0.15, 0.2) is 5.43 Å². The van der Waals surface area contributed by atoms with E-state index >= 15 is 0 Å². The zero-order chi connectivity index (χ0) is 12.4. The Morgan fingerprint density at radius 1 is 1.35 bits per heavy atom. The van der Waals surface area contributed by atoms with Crippen molar-refractivity contribution in [3.63, 3.8) is 0 Å². The molecule has 86 valence electrons. The van der Waals surface area contributed by atoms with Crippen molar-refractivity contribution < 1.29 is 19.4 Å². The minimum Gasteiger partial charge on any atom is -0.508 e. The number of carbonyl (C=O) groups is 1. The number of fused-ring (bicyclic) bond motifs is 1. The van der Waals surface area contributed by atoms with Crippen molar-refractivity contribution in [3.8, 4) is 5.75 Å². The topological polar surface area (TPSA) is 87.7 Å². The van der Waals surface area contributed by atoms with Crippen LogP contribution in [0.1, 0.15) is 5.56 Å². The summed E-state index contributed by atoms with van der Waals surface area (Å²) in [6.07, 6.45) is 3.18. The van der Waals surface area contributed by atoms with E-state index in [1.165, 1.54) is 24.5 Å². The van der Waals surface area contributed by atoms with Crippen LogP contribution in [0.4, 0.5) is 0 Å². The molecule has 0 aliphatic carbocycles. The van der Waals surface area contributed by atoms with Crippen molar-refractivity contribution in [3.05, 3.63) is 46.3 Å². The van der Waals surface area contributed by atoms with E-state index in [1.54, 1.807) is 0 Å². The van der Waals surface area contributed by atoms with Gasteiger partial charge in [-0.3, -0.25) is 4.79 Å². The zero-order valence-corrected chi connectivity index (χ0v) is 8.58. The third-order valence-electron chi connectivity index (χ3n) is 2.19. The number of benzene rings is 1. The fourth-order valence-electron chi connectivity index (χ4n) is 1.41. The molecule has 2 aromatic rings. The number of carboxylic acid groups (broad SMARTS) is 1. The molecule has 2 rings (SSSR count). The highest BCUT2D eigenvalue weighted by Crippen LogP contribution is 2.17. The van der Waals surface area contributed by atoms with Crippen LogP contribution in [-0.4, -0.2) is 16.2 Å². The molecule has 0 spiro atoms. The molecular formula is C12H8O5. The van der Waals surface area contributed by atoms with Gasteiger partial charge in [-0.05, 0) is 24.3 Å². The minimum atomic E-state index is -1.15. The second kappa shape index (κ2) is 4.13. The van der Waals surface area contributed by atoms with Crippen LogP contribution in [0.3, 0.4) is 0 Å². The molecule has 0 unspecified atom stereocenters. The maximum Gasteiger partial charge on any atom is 0.328 e. The van der Waals surface area contributed by atoms with E-state index in [1.807, 2.05) is 0 Å². The molecule has 0 atom stereocenters. The fraction of sp³-hybridized carbons (Fsp3) is 0. The van der Waals surface area contributed by atoms with Gasteiger partial charge in [0.1, 0.15) is 17.6 Å². The van der Waals surface area contributed by atoms with Crippen LogP contribution in [0.5, 0.6) is 5.75 Å². The Balaban J connectivity index is 2.65. The number of hydrogen-bond donors (Lipinski definition) is 2. The third-order valence-corrected chi connectivity index (χ3v) is 2.19. The highest BCUT2D eigenvalue weighted by atomic mass is 16.4. The quantitative estimate of drug-likeness (QED) is 0.768. The molecule has 0 fully saturated rings. The Morgan fingerprint density at radius 2 is 2.12 bits per heavy atom. The molecule has 0 radical (unpaired) electrons. The summed E-state index contributed by atoms with van der Waals surface area (Å²) in [5.74, 6) is -1.20. The molecule has 0 bridgehead atoms. The van der Waals surface area contributed by atoms with Crippen LogP contribution in [0.15, 0.2) is 39.7 Å². The van der Waals surface area contributed by atoms with Gasteiger partial charge < -0.3 is 14.6 Å². The van der Waals surface area contributed by atoms with Gasteiger partial charge in [-0.25, -0.2) is 4.79 Å². The zero-order valence-electron chi connectivity index (χ0n) is 8.58. The maximum atomic E-state index is 11.9. The summed E-state index contributed by atoms with van der Waals surface area (Å²) >= 11 is 0. The standard InChI is InChI=1S/C12H8O5/c13-8-2-3-10-9(5-8)12(16)7(6-17-10)1-4-11(14)15/h1-6,13H,(H,14,15). The number of carboxylic acids is 1. The van der Waals surface area contributed by atoms with Gasteiger partial charge >= 0.3 is 5.97 Å². The largest absolute Gasteiger partial charge is 0.508 e. The molecule has 1 aromatic heterocycles. The van der Waals surface area contributed by atoms with Crippen molar-refractivity contribution in [2.75, 3.05) is 0 Å². The summed E-state index contributed by atoms with van der Waals surface area (Å²) in [7, 11) is 0. The predicted molar refractivity (Wildman–Crippen MR) is 60.8 cm³/mol. The van der Waals surface area contributed by atoms with Crippen molar-refractivity contribution >= 4 is 23.0 Å². The maximum absolute atomic E-state index is 11.9. The number of phenolic OH excluding ortho intramolecular Hbond substituents is 1. The van der Waals surface area contributed by atoms with Crippen LogP contribution >= 0.6 is 0 Å². The summed E-state index contributed by atoms with van der Waals surface area (Å²) in [5.41, 5.74) is 0.0606. The number of rotatable bonds is 2. The molecule has 17 heavy (non-hydrogen) atoms. The number of phenols is 1. The van der Waals surface area contributed by atoms with E-state index in [0.717, 1.165) is 12.2 Å². The molecule has 0 saturated carbocycles. The Labute approximate surface area is 95.2 Å². The van der Waals surface area contributed by atoms with Crippen molar-refractivity contribution in [2.45, 2.75) is 0 Å². The van der Waals surface area contributed by atoms with Crippen molar-refractivity contribution in [2.24, 2.45) is 0 Å². The lowest BCUT2D eigenvalue weighted by molar-refractivity contribution is -0.131. The smallest absolute Gasteiger partial charge is 0.328 e. The summed E-state index contributed by atoms with van der Waals surface area (Å²) < 4.78 is 5.16. The average Bonchev–Trinajstić information content (AvgIpc) is 2.29. The van der Waals surface area contributed by atoms with E-state index in [-0.39, 0.29) is 22.1 Å². The van der Waals surface area contributed by atoms with Crippen molar-refractivity contribution in [1.82, 2.24) is 0 Å². The highest BCUT2D eigenvalue weighted by molar-refractivity contribution is 5.86. The first-order valence-electron chi connectivity index (χ1n) is 4.73. The van der Waals surface area contributed by atoms with Gasteiger partial charge in [-0.2, -0.15) is 0 Å². The Hall–Kier alpha value is -2.56. The molecule has 5 nitrogen and oxygen atoms in total. The van der Waals surface area contributed by atoms with Crippen LogP contribution < -0.4 is 5.43 Å². The van der Waals surface area contributed by atoms with E-state index in [4.69, 9.17) is 9.52 Å². The average molecular weight is 232 g/mol. The third kappa shape index (κ3) is 2.17. The molecule has 0 aliphatic heterocycles. The van der Waals surface area contributed by atoms with Gasteiger partial charge in [0, 0.05) is 6.08 Å². The molecule has 2 N–H and O–H groups in total. The molecule has 0 saturated heterocycles. The lowest BCUT2D eigenvalue weighted by Crippen LogP contribution is -2.04. The minimum absolute atomic E-state index is 0.0517. The number of aliphatic carboxylic acids is 1.